The summed E-state index contributed by atoms with van der Waals surface area (Å²) in [5.41, 5.74) is 2.49. The molecule has 1 saturated heterocycles. The van der Waals surface area contributed by atoms with Crippen LogP contribution in [0.15, 0.2) is 24.5 Å². The van der Waals surface area contributed by atoms with Crippen LogP contribution in [0.2, 0.25) is 0 Å². The number of likely N-dealkylation sites (tertiary alicyclic amines) is 1. The van der Waals surface area contributed by atoms with Crippen LogP contribution in [0.5, 0.6) is 17.2 Å². The molecule has 0 saturated carbocycles. The maximum absolute atomic E-state index is 12.8. The van der Waals surface area contributed by atoms with Crippen LogP contribution >= 0.6 is 0 Å². The average Bonchev–Trinajstić information content (AvgIpc) is 3.48. The molecule has 3 heterocycles. The number of ether oxygens (including phenoxy) is 3. The third-order valence-electron chi connectivity index (χ3n) is 5.69. The second-order valence-electron chi connectivity index (χ2n) is 7.66. The van der Waals surface area contributed by atoms with E-state index in [1.165, 1.54) is 26.2 Å². The molecule has 2 aromatic heterocycles. The van der Waals surface area contributed by atoms with Crippen LogP contribution in [0.25, 0.3) is 22.4 Å². The van der Waals surface area contributed by atoms with Crippen molar-refractivity contribution in [2.24, 2.45) is 5.92 Å². The van der Waals surface area contributed by atoms with Crippen LogP contribution in [-0.4, -0.2) is 77.9 Å². The number of methoxy groups -OCH3 is 3. The molecular formula is C22H25N5O6. The first-order valence-electron chi connectivity index (χ1n) is 10.4. The van der Waals surface area contributed by atoms with Gasteiger partial charge in [-0.15, -0.1) is 0 Å². The van der Waals surface area contributed by atoms with Gasteiger partial charge in [0, 0.05) is 31.4 Å². The number of hydrogen-bond donors (Lipinski definition) is 3. The SMILES string of the molecule is COc1cc(-c2cnc3[nH]cc(C(=O)NCC4CCN(C(=O)O)C4)c3n2)cc(OC)c1OC. The Hall–Kier alpha value is -4.02. The molecule has 174 valence electrons. The molecule has 11 heteroatoms. The summed E-state index contributed by atoms with van der Waals surface area (Å²) in [4.78, 5) is 37.3. The van der Waals surface area contributed by atoms with Crippen molar-refractivity contribution in [1.82, 2.24) is 25.2 Å². The normalized spacial score (nSPS) is 15.5. The van der Waals surface area contributed by atoms with E-state index in [2.05, 4.69) is 20.3 Å². The van der Waals surface area contributed by atoms with Crippen LogP contribution < -0.4 is 19.5 Å². The Balaban J connectivity index is 1.58. The average molecular weight is 455 g/mol. The second-order valence-corrected chi connectivity index (χ2v) is 7.66. The van der Waals surface area contributed by atoms with Crippen molar-refractivity contribution >= 4 is 23.2 Å². The quantitative estimate of drug-likeness (QED) is 0.494. The molecule has 2 amide bonds. The number of carbonyl (C=O) groups is 2. The van der Waals surface area contributed by atoms with Crippen molar-refractivity contribution in [1.29, 1.82) is 0 Å². The number of benzene rings is 1. The van der Waals surface area contributed by atoms with Crippen molar-refractivity contribution < 1.29 is 28.9 Å². The maximum Gasteiger partial charge on any atom is 0.407 e. The molecule has 1 fully saturated rings. The van der Waals surface area contributed by atoms with Gasteiger partial charge in [-0.25, -0.2) is 14.8 Å². The van der Waals surface area contributed by atoms with E-state index in [1.54, 1.807) is 24.5 Å². The second kappa shape index (κ2) is 9.23. The Labute approximate surface area is 189 Å². The fourth-order valence-corrected chi connectivity index (χ4v) is 3.94. The molecule has 33 heavy (non-hydrogen) atoms. The third kappa shape index (κ3) is 4.34. The van der Waals surface area contributed by atoms with Crippen LogP contribution in [0.4, 0.5) is 4.79 Å². The van der Waals surface area contributed by atoms with Crippen molar-refractivity contribution in [3.05, 3.63) is 30.1 Å². The molecular weight excluding hydrogens is 430 g/mol. The Morgan fingerprint density at radius 3 is 2.55 bits per heavy atom. The highest BCUT2D eigenvalue weighted by atomic mass is 16.5. The van der Waals surface area contributed by atoms with E-state index < -0.39 is 6.09 Å². The molecule has 1 atom stereocenters. The zero-order chi connectivity index (χ0) is 23.5. The summed E-state index contributed by atoms with van der Waals surface area (Å²) in [7, 11) is 4.59. The highest BCUT2D eigenvalue weighted by molar-refractivity contribution is 6.04. The summed E-state index contributed by atoms with van der Waals surface area (Å²) in [6.45, 7) is 1.27. The van der Waals surface area contributed by atoms with Crippen LogP contribution in [0.3, 0.4) is 0 Å². The molecule has 3 aromatic rings. The molecule has 1 unspecified atom stereocenters. The lowest BCUT2D eigenvalue weighted by molar-refractivity contribution is 0.0949. The maximum atomic E-state index is 12.8. The number of nitrogens with one attached hydrogen (secondary N) is 2. The van der Waals surface area contributed by atoms with E-state index in [-0.39, 0.29) is 11.8 Å². The first-order chi connectivity index (χ1) is 15.9. The Bertz CT molecular complexity index is 1170. The molecule has 3 N–H and O–H groups in total. The van der Waals surface area contributed by atoms with Gasteiger partial charge in [0.25, 0.3) is 5.91 Å². The van der Waals surface area contributed by atoms with Crippen molar-refractivity contribution in [2.45, 2.75) is 6.42 Å². The molecule has 11 nitrogen and oxygen atoms in total. The molecule has 0 aliphatic carbocycles. The summed E-state index contributed by atoms with van der Waals surface area (Å²) in [5, 5.41) is 12.0. The number of fused-ring (bicyclic) bond motifs is 1. The fraction of sp³-hybridized carbons (Fsp3) is 0.364. The first-order valence-corrected chi connectivity index (χ1v) is 10.4. The van der Waals surface area contributed by atoms with Gasteiger partial charge in [-0.3, -0.25) is 4.79 Å². The summed E-state index contributed by atoms with van der Waals surface area (Å²) in [5.74, 6) is 1.20. The topological polar surface area (TPSA) is 139 Å². The van der Waals surface area contributed by atoms with Gasteiger partial charge in [0.1, 0.15) is 5.52 Å². The molecule has 1 aliphatic rings. The largest absolute Gasteiger partial charge is 0.493 e. The highest BCUT2D eigenvalue weighted by Crippen LogP contribution is 2.40. The zero-order valence-corrected chi connectivity index (χ0v) is 18.5. The lowest BCUT2D eigenvalue weighted by Gasteiger charge is -2.14. The fourth-order valence-electron chi connectivity index (χ4n) is 3.94. The monoisotopic (exact) mass is 455 g/mol. The third-order valence-corrected chi connectivity index (χ3v) is 5.69. The number of aromatic nitrogens is 3. The molecule has 0 radical (unpaired) electrons. The lowest BCUT2D eigenvalue weighted by Crippen LogP contribution is -2.32. The van der Waals surface area contributed by atoms with E-state index in [9.17, 15) is 9.59 Å². The molecule has 0 bridgehead atoms. The van der Waals surface area contributed by atoms with E-state index in [1.807, 2.05) is 0 Å². The van der Waals surface area contributed by atoms with Gasteiger partial charge in [0.15, 0.2) is 17.1 Å². The molecule has 1 aromatic carbocycles. The van der Waals surface area contributed by atoms with E-state index in [0.717, 1.165) is 0 Å². The van der Waals surface area contributed by atoms with Crippen molar-refractivity contribution in [3.63, 3.8) is 0 Å². The molecule has 0 spiro atoms. The Morgan fingerprint density at radius 1 is 1.21 bits per heavy atom. The Kier molecular flexibility index (Phi) is 6.20. The number of carboxylic acid groups (broad SMARTS) is 1. The molecule has 4 rings (SSSR count). The summed E-state index contributed by atoms with van der Waals surface area (Å²) < 4.78 is 16.2. The van der Waals surface area contributed by atoms with Gasteiger partial charge in [0.2, 0.25) is 5.75 Å². The van der Waals surface area contributed by atoms with E-state index >= 15 is 0 Å². The highest BCUT2D eigenvalue weighted by Gasteiger charge is 2.26. The lowest BCUT2D eigenvalue weighted by atomic mass is 10.1. The molecule has 1 aliphatic heterocycles. The van der Waals surface area contributed by atoms with Crippen LogP contribution in [0, 0.1) is 5.92 Å². The van der Waals surface area contributed by atoms with Gasteiger partial charge >= 0.3 is 6.09 Å². The minimum absolute atomic E-state index is 0.0798. The van der Waals surface area contributed by atoms with Crippen molar-refractivity contribution in [2.75, 3.05) is 41.0 Å². The van der Waals surface area contributed by atoms with Crippen LogP contribution in [-0.2, 0) is 0 Å². The first kappa shape index (κ1) is 22.2. The minimum Gasteiger partial charge on any atom is -0.493 e. The number of hydrogen-bond acceptors (Lipinski definition) is 7. The predicted octanol–water partition coefficient (Wildman–Crippen LogP) is 2.38. The zero-order valence-electron chi connectivity index (χ0n) is 18.5. The number of rotatable bonds is 7. The summed E-state index contributed by atoms with van der Waals surface area (Å²) in [6, 6.07) is 3.52. The predicted molar refractivity (Wildman–Crippen MR) is 119 cm³/mol. The number of aromatic amines is 1. The number of H-pyrrole nitrogens is 1. The van der Waals surface area contributed by atoms with Gasteiger partial charge < -0.3 is 34.5 Å². The van der Waals surface area contributed by atoms with Gasteiger partial charge in [-0.1, -0.05) is 0 Å². The van der Waals surface area contributed by atoms with Gasteiger partial charge in [0.05, 0.1) is 38.8 Å². The van der Waals surface area contributed by atoms with E-state index in [4.69, 9.17) is 19.3 Å². The standard InChI is InChI=1S/C22H25N5O6/c1-31-16-6-13(7-17(32-2)19(16)33-3)15-10-24-20-18(26-15)14(9-23-20)21(28)25-8-12-4-5-27(11-12)22(29)30/h6-7,9-10,12H,4-5,8,11H2,1-3H3,(H,23,24)(H,25,28)(H,29,30). The van der Waals surface area contributed by atoms with E-state index in [0.29, 0.717) is 71.3 Å². The van der Waals surface area contributed by atoms with Gasteiger partial charge in [-0.2, -0.15) is 0 Å². The van der Waals surface area contributed by atoms with Crippen LogP contribution in [0.1, 0.15) is 16.8 Å². The smallest absolute Gasteiger partial charge is 0.407 e. The van der Waals surface area contributed by atoms with Gasteiger partial charge in [-0.05, 0) is 24.5 Å². The number of amides is 2. The minimum atomic E-state index is -0.935. The van der Waals surface area contributed by atoms with Crippen molar-refractivity contribution in [3.8, 4) is 28.5 Å². The Morgan fingerprint density at radius 2 is 1.94 bits per heavy atom. The number of nitrogens with zero attached hydrogens (tertiary/aromatic N) is 3. The number of carbonyl (C=O) groups excluding carboxylic acids is 1. The summed E-state index contributed by atoms with van der Waals surface area (Å²) in [6.07, 6.45) is 2.94. The summed E-state index contributed by atoms with van der Waals surface area (Å²) >= 11 is 0.